The van der Waals surface area contributed by atoms with Crippen molar-refractivity contribution in [3.63, 3.8) is 0 Å². The predicted octanol–water partition coefficient (Wildman–Crippen LogP) is 3.04. The van der Waals surface area contributed by atoms with Crippen LogP contribution < -0.4 is 0 Å². The Labute approximate surface area is 92.6 Å². The molecule has 0 aromatic heterocycles. The molecule has 0 aromatic carbocycles. The average molecular weight is 236 g/mol. The molecule has 0 saturated heterocycles. The van der Waals surface area contributed by atoms with Crippen molar-refractivity contribution >= 4 is 0 Å². The predicted molar refractivity (Wildman–Crippen MR) is 54.4 cm³/mol. The van der Waals surface area contributed by atoms with E-state index in [1.807, 2.05) is 0 Å². The highest BCUT2D eigenvalue weighted by atomic mass is 19.2. The van der Waals surface area contributed by atoms with Crippen LogP contribution in [0.5, 0.6) is 0 Å². The molecule has 0 aliphatic carbocycles. The smallest absolute Gasteiger partial charge is 0.165 e. The van der Waals surface area contributed by atoms with E-state index in [1.54, 1.807) is 0 Å². The lowest BCUT2D eigenvalue weighted by Crippen LogP contribution is -2.21. The molecule has 0 fully saturated rings. The first-order valence-electron chi connectivity index (χ1n) is 4.10. The Hall–Kier alpha value is -1.92. The van der Waals surface area contributed by atoms with Gasteiger partial charge in [0, 0.05) is 0 Å². The number of nitrogens with zero attached hydrogens (tertiary/aromatic N) is 2. The van der Waals surface area contributed by atoms with E-state index in [-0.39, 0.29) is 6.10 Å². The lowest BCUT2D eigenvalue weighted by atomic mass is 10.4. The molecule has 0 aromatic rings. The highest BCUT2D eigenvalue weighted by molar-refractivity contribution is 4.64. The van der Waals surface area contributed by atoms with Gasteiger partial charge in [0.15, 0.2) is 6.10 Å². The first-order chi connectivity index (χ1) is 7.76. The van der Waals surface area contributed by atoms with E-state index in [1.165, 1.54) is 29.5 Å². The van der Waals surface area contributed by atoms with Gasteiger partial charge in [-0.2, -0.15) is 0 Å². The van der Waals surface area contributed by atoms with Crippen LogP contribution in [0.25, 0.3) is 0 Å². The Morgan fingerprint density at radius 1 is 0.938 bits per heavy atom. The van der Waals surface area contributed by atoms with Gasteiger partial charge in [-0.05, 0) is 0 Å². The van der Waals surface area contributed by atoms with E-state index in [0.29, 0.717) is 13.2 Å². The molecule has 0 atom stereocenters. The third-order valence-electron chi connectivity index (χ3n) is 1.12. The summed E-state index contributed by atoms with van der Waals surface area (Å²) >= 11 is 0. The van der Waals surface area contributed by atoms with Crippen LogP contribution in [0.15, 0.2) is 49.2 Å². The molecule has 0 heterocycles. The minimum Gasteiger partial charge on any atom is -0.498 e. The Kier molecular flexibility index (Phi) is 16.0. The number of hydrogen-bond acceptors (Lipinski definition) is 5. The van der Waals surface area contributed by atoms with E-state index in [2.05, 4.69) is 19.7 Å². The van der Waals surface area contributed by atoms with Gasteiger partial charge in [-0.25, -0.2) is 0 Å². The number of ether oxygens (including phenoxy) is 3. The fourth-order valence-corrected chi connectivity index (χ4v) is 0.613. The summed E-state index contributed by atoms with van der Waals surface area (Å²) in [5.74, 6) is 0. The molecule has 0 spiro atoms. The molecular formula is C9H14F2N2O3. The van der Waals surface area contributed by atoms with Crippen molar-refractivity contribution < 1.29 is 23.2 Å². The molecular weight excluding hydrogens is 222 g/mol. The van der Waals surface area contributed by atoms with Crippen molar-refractivity contribution in [2.45, 2.75) is 6.10 Å². The van der Waals surface area contributed by atoms with Crippen molar-refractivity contribution in [2.24, 2.45) is 10.7 Å². The topological polar surface area (TPSA) is 52.4 Å². The first kappa shape index (κ1) is 16.5. The summed E-state index contributed by atoms with van der Waals surface area (Å²) in [6, 6.07) is 0. The molecule has 0 N–H and O–H groups in total. The van der Waals surface area contributed by atoms with E-state index in [0.717, 1.165) is 0 Å². The van der Waals surface area contributed by atoms with Crippen LogP contribution >= 0.6 is 0 Å². The molecule has 5 nitrogen and oxygen atoms in total. The largest absolute Gasteiger partial charge is 0.498 e. The van der Waals surface area contributed by atoms with Gasteiger partial charge in [-0.3, -0.25) is 0 Å². The van der Waals surface area contributed by atoms with Crippen molar-refractivity contribution in [2.75, 3.05) is 13.2 Å². The summed E-state index contributed by atoms with van der Waals surface area (Å²) in [4.78, 5) is 0. The number of halogens is 2. The normalized spacial score (nSPS) is 8.94. The van der Waals surface area contributed by atoms with E-state index < -0.39 is 0 Å². The standard InChI is InChI=1S/C9H14O3.F2N2/c1-4-10-7-9(12-6-3)8-11-5-2;1-3-4-2/h4-6,9H,1-3,7-8H2;. The van der Waals surface area contributed by atoms with Crippen LogP contribution in [-0.2, 0) is 14.2 Å². The number of rotatable bonds is 8. The van der Waals surface area contributed by atoms with Crippen LogP contribution in [0.4, 0.5) is 8.96 Å². The minimum atomic E-state index is -0.168. The monoisotopic (exact) mass is 236 g/mol. The second-order valence-corrected chi connectivity index (χ2v) is 2.08. The molecule has 0 rings (SSSR count). The third kappa shape index (κ3) is 14.6. The SMILES string of the molecule is C=COCC(COC=C)OC=C.FN=NF. The highest BCUT2D eigenvalue weighted by Crippen LogP contribution is 1.95. The molecule has 0 aliphatic heterocycles. The second kappa shape index (κ2) is 15.5. The van der Waals surface area contributed by atoms with Gasteiger partial charge < -0.3 is 14.2 Å². The summed E-state index contributed by atoms with van der Waals surface area (Å²) in [6.45, 7) is 11.0. The molecule has 0 radical (unpaired) electrons. The van der Waals surface area contributed by atoms with E-state index in [9.17, 15) is 8.96 Å². The summed E-state index contributed by atoms with van der Waals surface area (Å²) in [7, 11) is 0. The second-order valence-electron chi connectivity index (χ2n) is 2.08. The maximum absolute atomic E-state index is 9.81. The van der Waals surface area contributed by atoms with Crippen LogP contribution in [0.1, 0.15) is 0 Å². The molecule has 7 heteroatoms. The zero-order valence-corrected chi connectivity index (χ0v) is 8.72. The molecule has 0 aliphatic rings. The van der Waals surface area contributed by atoms with Gasteiger partial charge in [0.1, 0.15) is 13.2 Å². The Morgan fingerprint density at radius 2 is 1.38 bits per heavy atom. The van der Waals surface area contributed by atoms with Crippen molar-refractivity contribution in [1.82, 2.24) is 0 Å². The molecule has 92 valence electrons. The Bertz CT molecular complexity index is 197. The minimum absolute atomic E-state index is 0.168. The van der Waals surface area contributed by atoms with Gasteiger partial charge in [-0.1, -0.05) is 28.7 Å². The number of hydrogen-bond donors (Lipinski definition) is 0. The lowest BCUT2D eigenvalue weighted by Gasteiger charge is -2.14. The van der Waals surface area contributed by atoms with Gasteiger partial charge in [0.05, 0.1) is 29.5 Å². The summed E-state index contributed by atoms with van der Waals surface area (Å²) in [5, 5.41) is 2.39. The van der Waals surface area contributed by atoms with Gasteiger partial charge >= 0.3 is 0 Å². The van der Waals surface area contributed by atoms with Crippen molar-refractivity contribution in [3.8, 4) is 0 Å². The van der Waals surface area contributed by atoms with Crippen LogP contribution in [0.2, 0.25) is 0 Å². The fourth-order valence-electron chi connectivity index (χ4n) is 0.613. The lowest BCUT2D eigenvalue weighted by molar-refractivity contribution is 0.0219. The summed E-state index contributed by atoms with van der Waals surface area (Å²) in [6.07, 6.45) is 3.89. The average Bonchev–Trinajstić information content (AvgIpc) is 2.33. The molecule has 0 amide bonds. The summed E-state index contributed by atoms with van der Waals surface area (Å²) < 4.78 is 34.5. The van der Waals surface area contributed by atoms with Gasteiger partial charge in [0.25, 0.3) is 0 Å². The van der Waals surface area contributed by atoms with Crippen LogP contribution in [-0.4, -0.2) is 19.3 Å². The van der Waals surface area contributed by atoms with Crippen LogP contribution in [0.3, 0.4) is 0 Å². The van der Waals surface area contributed by atoms with Crippen molar-refractivity contribution in [1.29, 1.82) is 0 Å². The first-order valence-corrected chi connectivity index (χ1v) is 4.10. The highest BCUT2D eigenvalue weighted by Gasteiger charge is 2.07. The Morgan fingerprint density at radius 3 is 1.62 bits per heavy atom. The quantitative estimate of drug-likeness (QED) is 0.480. The maximum Gasteiger partial charge on any atom is 0.165 e. The molecule has 0 saturated carbocycles. The van der Waals surface area contributed by atoms with Crippen LogP contribution in [0, 0.1) is 0 Å². The third-order valence-corrected chi connectivity index (χ3v) is 1.12. The molecule has 0 unspecified atom stereocenters. The van der Waals surface area contributed by atoms with Gasteiger partial charge in [-0.15, -0.1) is 0 Å². The van der Waals surface area contributed by atoms with E-state index >= 15 is 0 Å². The van der Waals surface area contributed by atoms with E-state index in [4.69, 9.17) is 14.2 Å². The fraction of sp³-hybridized carbons (Fsp3) is 0.333. The van der Waals surface area contributed by atoms with Gasteiger partial charge in [0.2, 0.25) is 0 Å². The summed E-state index contributed by atoms with van der Waals surface area (Å²) in [5.41, 5.74) is 0. The Balaban J connectivity index is 0. The molecule has 16 heavy (non-hydrogen) atoms. The zero-order valence-electron chi connectivity index (χ0n) is 8.72. The van der Waals surface area contributed by atoms with Crippen molar-refractivity contribution in [3.05, 3.63) is 38.5 Å². The zero-order chi connectivity index (χ0) is 12.6. The maximum atomic E-state index is 9.81. The molecule has 0 bridgehead atoms.